The van der Waals surface area contributed by atoms with Crippen LogP contribution in [0.25, 0.3) is 10.9 Å². The van der Waals surface area contributed by atoms with E-state index >= 15 is 0 Å². The minimum Gasteiger partial charge on any atom is -0.383 e. The van der Waals surface area contributed by atoms with Gasteiger partial charge in [-0.15, -0.1) is 0 Å². The van der Waals surface area contributed by atoms with Gasteiger partial charge < -0.3 is 19.5 Å². The largest absolute Gasteiger partial charge is 0.383 e. The van der Waals surface area contributed by atoms with Gasteiger partial charge in [0, 0.05) is 45.0 Å². The molecule has 1 aromatic carbocycles. The number of H-pyrrole nitrogens is 1. The molecule has 0 saturated carbocycles. The monoisotopic (exact) mass is 409 g/mol. The Kier molecular flexibility index (Phi) is 5.62. The average molecular weight is 409 g/mol. The topological polar surface area (TPSA) is 101 Å². The van der Waals surface area contributed by atoms with Crippen molar-refractivity contribution in [1.29, 1.82) is 0 Å². The second-order valence-electron chi connectivity index (χ2n) is 7.11. The maximum Gasteiger partial charge on any atom is 0.328 e. The van der Waals surface area contributed by atoms with Crippen LogP contribution in [0.4, 0.5) is 5.82 Å². The number of hydrogen-bond acceptors (Lipinski definition) is 6. The van der Waals surface area contributed by atoms with E-state index in [0.717, 1.165) is 10.4 Å². The average Bonchev–Trinajstić information content (AvgIpc) is 2.79. The van der Waals surface area contributed by atoms with Crippen molar-refractivity contribution in [3.63, 3.8) is 0 Å². The number of anilines is 1. The fourth-order valence-corrected chi connectivity index (χ4v) is 3.64. The number of pyridine rings is 1. The fraction of sp³-hybridized carbons (Fsp3) is 0.333. The van der Waals surface area contributed by atoms with Crippen LogP contribution in [0.3, 0.4) is 0 Å². The number of hydrogen-bond donors (Lipinski definition) is 1. The van der Waals surface area contributed by atoms with E-state index in [1.54, 1.807) is 29.3 Å². The van der Waals surface area contributed by atoms with Gasteiger partial charge in [-0.1, -0.05) is 6.07 Å². The van der Waals surface area contributed by atoms with E-state index in [-0.39, 0.29) is 19.1 Å². The Hall–Kier alpha value is -3.46. The normalized spacial score (nSPS) is 14.3. The Morgan fingerprint density at radius 3 is 2.63 bits per heavy atom. The Morgan fingerprint density at radius 1 is 1.13 bits per heavy atom. The molecule has 156 valence electrons. The number of amides is 1. The third-order valence-electron chi connectivity index (χ3n) is 5.29. The molecule has 0 unspecified atom stereocenters. The van der Waals surface area contributed by atoms with Gasteiger partial charge in [0.15, 0.2) is 0 Å². The third kappa shape index (κ3) is 3.84. The SMILES string of the molecule is COCCn1c(=O)[nH]c2cc(C(=O)N3CCN(c4ccccn4)CC3)ccc2c1=O. The molecule has 3 aromatic rings. The summed E-state index contributed by atoms with van der Waals surface area (Å²) < 4.78 is 6.05. The molecule has 1 fully saturated rings. The third-order valence-corrected chi connectivity index (χ3v) is 5.29. The number of aromatic amines is 1. The van der Waals surface area contributed by atoms with Crippen LogP contribution < -0.4 is 16.1 Å². The quantitative estimate of drug-likeness (QED) is 0.666. The van der Waals surface area contributed by atoms with Gasteiger partial charge in [0.25, 0.3) is 11.5 Å². The van der Waals surface area contributed by atoms with Crippen molar-refractivity contribution in [2.75, 3.05) is 44.8 Å². The highest BCUT2D eigenvalue weighted by Crippen LogP contribution is 2.16. The second-order valence-corrected chi connectivity index (χ2v) is 7.11. The van der Waals surface area contributed by atoms with Crippen LogP contribution in [0, 0.1) is 0 Å². The number of piperazine rings is 1. The molecule has 0 atom stereocenters. The highest BCUT2D eigenvalue weighted by Gasteiger charge is 2.23. The number of carbonyl (C=O) groups excluding carboxylic acids is 1. The predicted molar refractivity (Wildman–Crippen MR) is 113 cm³/mol. The Bertz CT molecular complexity index is 1160. The van der Waals surface area contributed by atoms with Crippen molar-refractivity contribution in [3.8, 4) is 0 Å². The molecule has 0 radical (unpaired) electrons. The van der Waals surface area contributed by atoms with Gasteiger partial charge in [-0.2, -0.15) is 0 Å². The van der Waals surface area contributed by atoms with Crippen LogP contribution in [-0.4, -0.2) is 65.2 Å². The molecule has 4 rings (SSSR count). The Labute approximate surface area is 172 Å². The minimum atomic E-state index is -0.516. The van der Waals surface area contributed by atoms with Gasteiger partial charge in [0.2, 0.25) is 0 Å². The molecular weight excluding hydrogens is 386 g/mol. The van der Waals surface area contributed by atoms with Crippen LogP contribution >= 0.6 is 0 Å². The van der Waals surface area contributed by atoms with Crippen molar-refractivity contribution in [2.45, 2.75) is 6.54 Å². The molecule has 9 heteroatoms. The maximum atomic E-state index is 13.0. The summed E-state index contributed by atoms with van der Waals surface area (Å²) in [6.45, 7) is 2.96. The second kappa shape index (κ2) is 8.50. The van der Waals surface area contributed by atoms with E-state index in [2.05, 4.69) is 14.9 Å². The number of nitrogens with one attached hydrogen (secondary N) is 1. The van der Waals surface area contributed by atoms with Crippen molar-refractivity contribution >= 4 is 22.6 Å². The first-order valence-corrected chi connectivity index (χ1v) is 9.79. The van der Waals surface area contributed by atoms with Crippen molar-refractivity contribution in [3.05, 3.63) is 69.0 Å². The molecule has 1 N–H and O–H groups in total. The predicted octanol–water partition coefficient (Wildman–Crippen LogP) is 0.694. The number of aromatic nitrogens is 3. The lowest BCUT2D eigenvalue weighted by molar-refractivity contribution is 0.0746. The van der Waals surface area contributed by atoms with Crippen molar-refractivity contribution in [1.82, 2.24) is 19.4 Å². The first-order valence-electron chi connectivity index (χ1n) is 9.79. The molecular formula is C21H23N5O4. The number of ether oxygens (including phenoxy) is 1. The summed E-state index contributed by atoms with van der Waals surface area (Å²) in [4.78, 5) is 48.8. The van der Waals surface area contributed by atoms with Crippen LogP contribution in [0.15, 0.2) is 52.2 Å². The first kappa shape index (κ1) is 19.8. The lowest BCUT2D eigenvalue weighted by Crippen LogP contribution is -2.49. The van der Waals surface area contributed by atoms with Gasteiger partial charge >= 0.3 is 5.69 Å². The van der Waals surface area contributed by atoms with E-state index in [9.17, 15) is 14.4 Å². The lowest BCUT2D eigenvalue weighted by Gasteiger charge is -2.35. The summed E-state index contributed by atoms with van der Waals surface area (Å²) in [5.41, 5.74) is -0.109. The summed E-state index contributed by atoms with van der Waals surface area (Å²) >= 11 is 0. The highest BCUT2D eigenvalue weighted by atomic mass is 16.5. The summed E-state index contributed by atoms with van der Waals surface area (Å²) in [6, 6.07) is 10.6. The van der Waals surface area contributed by atoms with Gasteiger partial charge in [-0.3, -0.25) is 14.2 Å². The summed E-state index contributed by atoms with van der Waals surface area (Å²) in [5.74, 6) is 0.777. The molecule has 1 amide bonds. The Morgan fingerprint density at radius 2 is 1.93 bits per heavy atom. The maximum absolute atomic E-state index is 13.0. The van der Waals surface area contributed by atoms with E-state index in [4.69, 9.17) is 4.74 Å². The van der Waals surface area contributed by atoms with Crippen LogP contribution in [0.2, 0.25) is 0 Å². The van der Waals surface area contributed by atoms with Gasteiger partial charge in [0.1, 0.15) is 5.82 Å². The Balaban J connectivity index is 1.53. The number of fused-ring (bicyclic) bond motifs is 1. The lowest BCUT2D eigenvalue weighted by atomic mass is 10.1. The number of rotatable bonds is 5. The van der Waals surface area contributed by atoms with Gasteiger partial charge in [-0.25, -0.2) is 9.78 Å². The van der Waals surface area contributed by atoms with Crippen molar-refractivity contribution < 1.29 is 9.53 Å². The summed E-state index contributed by atoms with van der Waals surface area (Å²) in [7, 11) is 1.51. The molecule has 1 aliphatic rings. The minimum absolute atomic E-state index is 0.123. The number of methoxy groups -OCH3 is 1. The molecule has 30 heavy (non-hydrogen) atoms. The molecule has 0 aliphatic carbocycles. The smallest absolute Gasteiger partial charge is 0.328 e. The number of benzene rings is 1. The van der Waals surface area contributed by atoms with Crippen LogP contribution in [0.1, 0.15) is 10.4 Å². The standard InChI is InChI=1S/C21H23N5O4/c1-30-13-12-26-20(28)16-6-5-15(14-17(16)23-21(26)29)19(27)25-10-8-24(9-11-25)18-4-2-3-7-22-18/h2-7,14H,8-13H2,1H3,(H,23,29). The van der Waals surface area contributed by atoms with E-state index in [1.165, 1.54) is 7.11 Å². The number of nitrogens with zero attached hydrogens (tertiary/aromatic N) is 4. The fourth-order valence-electron chi connectivity index (χ4n) is 3.64. The van der Waals surface area contributed by atoms with E-state index in [0.29, 0.717) is 42.6 Å². The van der Waals surface area contributed by atoms with E-state index < -0.39 is 11.2 Å². The molecule has 0 bridgehead atoms. The van der Waals surface area contributed by atoms with Gasteiger partial charge in [-0.05, 0) is 30.3 Å². The van der Waals surface area contributed by atoms with Crippen LogP contribution in [-0.2, 0) is 11.3 Å². The zero-order valence-corrected chi connectivity index (χ0v) is 16.7. The molecule has 1 aliphatic heterocycles. The highest BCUT2D eigenvalue weighted by molar-refractivity contribution is 5.97. The molecule has 1 saturated heterocycles. The summed E-state index contributed by atoms with van der Waals surface area (Å²) in [5, 5.41) is 0.363. The van der Waals surface area contributed by atoms with Crippen LogP contribution in [0.5, 0.6) is 0 Å². The molecule has 0 spiro atoms. The summed E-state index contributed by atoms with van der Waals surface area (Å²) in [6.07, 6.45) is 1.76. The zero-order chi connectivity index (χ0) is 21.1. The zero-order valence-electron chi connectivity index (χ0n) is 16.7. The van der Waals surface area contributed by atoms with E-state index in [1.807, 2.05) is 18.2 Å². The first-order chi connectivity index (χ1) is 14.6. The van der Waals surface area contributed by atoms with Crippen molar-refractivity contribution in [2.24, 2.45) is 0 Å². The number of carbonyl (C=O) groups is 1. The molecule has 9 nitrogen and oxygen atoms in total. The molecule has 3 heterocycles. The van der Waals surface area contributed by atoms with Gasteiger partial charge in [0.05, 0.1) is 24.1 Å². The molecule has 2 aromatic heterocycles.